The van der Waals surface area contributed by atoms with Crippen LogP contribution in [0.25, 0.3) is 0 Å². The predicted molar refractivity (Wildman–Crippen MR) is 81.5 cm³/mol. The molecule has 2 rings (SSSR count). The molecule has 0 aromatic heterocycles. The van der Waals surface area contributed by atoms with E-state index >= 15 is 0 Å². The number of nitro benzene ring substituents is 2. The van der Waals surface area contributed by atoms with Crippen LogP contribution in [0.1, 0.15) is 11.1 Å². The van der Waals surface area contributed by atoms with Gasteiger partial charge in [0.2, 0.25) is 0 Å². The molecule has 0 radical (unpaired) electrons. The largest absolute Gasteiger partial charge is 0.507 e. The second-order valence-corrected chi connectivity index (χ2v) is 4.65. The topological polar surface area (TPSA) is 139 Å². The van der Waals surface area contributed by atoms with E-state index in [1.165, 1.54) is 13.0 Å². The maximum Gasteiger partial charge on any atom is 0.272 e. The SMILES string of the molecule is Cc1cc([N+](=O)[O-])cc(N=Cc2cc([N+](=O)[O-])ccc2O)c1O. The average molecular weight is 317 g/mol. The number of aryl methyl sites for hydroxylation is 1. The number of phenolic OH excluding ortho intramolecular Hbond substituents is 2. The number of benzene rings is 2. The van der Waals surface area contributed by atoms with Crippen LogP contribution in [0.2, 0.25) is 0 Å². The summed E-state index contributed by atoms with van der Waals surface area (Å²) in [7, 11) is 0. The standard InChI is InChI=1S/C14H11N3O6/c1-8-4-11(17(22)23)6-12(14(8)19)15-7-9-5-10(16(20)21)2-3-13(9)18/h2-7,18-19H,1H3. The number of non-ortho nitro benzene ring substituents is 2. The van der Waals surface area contributed by atoms with Gasteiger partial charge in [-0.25, -0.2) is 0 Å². The van der Waals surface area contributed by atoms with Crippen LogP contribution in [-0.2, 0) is 0 Å². The Hall–Kier alpha value is -3.49. The van der Waals surface area contributed by atoms with Gasteiger partial charge < -0.3 is 10.2 Å². The van der Waals surface area contributed by atoms with Crippen molar-refractivity contribution >= 4 is 23.3 Å². The Kier molecular flexibility index (Phi) is 4.21. The molecule has 2 N–H and O–H groups in total. The third kappa shape index (κ3) is 3.40. The highest BCUT2D eigenvalue weighted by molar-refractivity contribution is 5.87. The van der Waals surface area contributed by atoms with Gasteiger partial charge in [0.15, 0.2) is 0 Å². The van der Waals surface area contributed by atoms with Crippen molar-refractivity contribution < 1.29 is 20.1 Å². The van der Waals surface area contributed by atoms with Crippen molar-refractivity contribution in [1.29, 1.82) is 0 Å². The van der Waals surface area contributed by atoms with E-state index in [1.54, 1.807) is 0 Å². The van der Waals surface area contributed by atoms with Crippen LogP contribution < -0.4 is 0 Å². The summed E-state index contributed by atoms with van der Waals surface area (Å²) in [6.45, 7) is 1.48. The zero-order chi connectivity index (χ0) is 17.1. The number of hydrogen-bond donors (Lipinski definition) is 2. The molecule has 23 heavy (non-hydrogen) atoms. The van der Waals surface area contributed by atoms with Gasteiger partial charge in [0.1, 0.15) is 17.2 Å². The van der Waals surface area contributed by atoms with Gasteiger partial charge in [0, 0.05) is 36.0 Å². The smallest absolute Gasteiger partial charge is 0.272 e. The van der Waals surface area contributed by atoms with Crippen molar-refractivity contribution in [2.24, 2.45) is 4.99 Å². The summed E-state index contributed by atoms with van der Waals surface area (Å²) in [5.41, 5.74) is -0.278. The van der Waals surface area contributed by atoms with Crippen LogP contribution >= 0.6 is 0 Å². The fourth-order valence-electron chi connectivity index (χ4n) is 1.84. The Morgan fingerprint density at radius 3 is 2.30 bits per heavy atom. The van der Waals surface area contributed by atoms with Gasteiger partial charge in [-0.1, -0.05) is 0 Å². The van der Waals surface area contributed by atoms with Crippen molar-refractivity contribution in [2.45, 2.75) is 6.92 Å². The number of hydrogen-bond acceptors (Lipinski definition) is 7. The van der Waals surface area contributed by atoms with Crippen LogP contribution in [-0.4, -0.2) is 26.3 Å². The molecule has 118 valence electrons. The summed E-state index contributed by atoms with van der Waals surface area (Å²) in [4.78, 5) is 24.2. The van der Waals surface area contributed by atoms with Crippen molar-refractivity contribution in [3.63, 3.8) is 0 Å². The summed E-state index contributed by atoms with van der Waals surface area (Å²) in [5, 5.41) is 41.1. The van der Waals surface area contributed by atoms with Crippen LogP contribution in [0, 0.1) is 27.2 Å². The van der Waals surface area contributed by atoms with Crippen LogP contribution in [0.15, 0.2) is 35.3 Å². The molecule has 2 aromatic carbocycles. The predicted octanol–water partition coefficient (Wildman–Crippen LogP) is 2.97. The van der Waals surface area contributed by atoms with Gasteiger partial charge >= 0.3 is 0 Å². The van der Waals surface area contributed by atoms with Crippen LogP contribution in [0.4, 0.5) is 17.1 Å². The maximum absolute atomic E-state index is 10.8. The molecule has 0 aliphatic rings. The number of nitrogens with zero attached hydrogens (tertiary/aromatic N) is 3. The van der Waals surface area contributed by atoms with Crippen LogP contribution in [0.3, 0.4) is 0 Å². The van der Waals surface area contributed by atoms with Gasteiger partial charge in [-0.2, -0.15) is 0 Å². The molecule has 0 saturated heterocycles. The third-order valence-electron chi connectivity index (χ3n) is 3.04. The Morgan fingerprint density at radius 1 is 1.04 bits per heavy atom. The van der Waals surface area contributed by atoms with Gasteiger partial charge in [0.05, 0.1) is 9.85 Å². The highest BCUT2D eigenvalue weighted by Gasteiger charge is 2.14. The zero-order valence-corrected chi connectivity index (χ0v) is 11.8. The Morgan fingerprint density at radius 2 is 1.70 bits per heavy atom. The molecule has 0 aliphatic heterocycles. The first kappa shape index (κ1) is 15.9. The van der Waals surface area contributed by atoms with Crippen molar-refractivity contribution in [3.8, 4) is 11.5 Å². The first-order valence-corrected chi connectivity index (χ1v) is 6.29. The van der Waals surface area contributed by atoms with Crippen molar-refractivity contribution in [3.05, 3.63) is 61.7 Å². The van der Waals surface area contributed by atoms with Gasteiger partial charge in [-0.3, -0.25) is 25.2 Å². The Balaban J connectivity index is 2.46. The van der Waals surface area contributed by atoms with Gasteiger partial charge in [-0.05, 0) is 18.6 Å². The molecule has 2 aromatic rings. The van der Waals surface area contributed by atoms with E-state index in [4.69, 9.17) is 0 Å². The molecule has 0 saturated carbocycles. The van der Waals surface area contributed by atoms with E-state index < -0.39 is 9.85 Å². The monoisotopic (exact) mass is 317 g/mol. The summed E-state index contributed by atoms with van der Waals surface area (Å²) < 4.78 is 0. The maximum atomic E-state index is 10.8. The van der Waals surface area contributed by atoms with E-state index in [2.05, 4.69) is 4.99 Å². The first-order chi connectivity index (χ1) is 10.8. The molecular weight excluding hydrogens is 306 g/mol. The fourth-order valence-corrected chi connectivity index (χ4v) is 1.84. The highest BCUT2D eigenvalue weighted by Crippen LogP contribution is 2.34. The van der Waals surface area contributed by atoms with E-state index in [0.29, 0.717) is 0 Å². The van der Waals surface area contributed by atoms with E-state index in [0.717, 1.165) is 30.5 Å². The lowest BCUT2D eigenvalue weighted by molar-refractivity contribution is -0.385. The quantitative estimate of drug-likeness (QED) is 0.504. The molecule has 9 heteroatoms. The van der Waals surface area contributed by atoms with Crippen molar-refractivity contribution in [2.75, 3.05) is 0 Å². The molecule has 0 amide bonds. The highest BCUT2D eigenvalue weighted by atomic mass is 16.6. The van der Waals surface area contributed by atoms with Crippen LogP contribution in [0.5, 0.6) is 11.5 Å². The molecular formula is C14H11N3O6. The van der Waals surface area contributed by atoms with Crippen molar-refractivity contribution in [1.82, 2.24) is 0 Å². The minimum atomic E-state index is -0.633. The second kappa shape index (κ2) is 6.10. The van der Waals surface area contributed by atoms with E-state index in [1.807, 2.05) is 0 Å². The Bertz CT molecular complexity index is 832. The third-order valence-corrected chi connectivity index (χ3v) is 3.04. The summed E-state index contributed by atoms with van der Waals surface area (Å²) in [6.07, 6.45) is 1.08. The number of rotatable bonds is 4. The molecule has 0 atom stereocenters. The second-order valence-electron chi connectivity index (χ2n) is 4.65. The number of phenols is 2. The van der Waals surface area contributed by atoms with E-state index in [9.17, 15) is 30.4 Å². The van der Waals surface area contributed by atoms with Gasteiger partial charge in [0.25, 0.3) is 11.4 Å². The molecule has 0 spiro atoms. The number of aromatic hydroxyl groups is 2. The number of nitro groups is 2. The molecule has 0 unspecified atom stereocenters. The Labute approximate surface area is 129 Å². The normalized spacial score (nSPS) is 10.8. The first-order valence-electron chi connectivity index (χ1n) is 6.29. The summed E-state index contributed by atoms with van der Waals surface area (Å²) >= 11 is 0. The molecule has 0 fully saturated rings. The summed E-state index contributed by atoms with van der Waals surface area (Å²) in [6, 6.07) is 5.62. The minimum absolute atomic E-state index is 0.0442. The van der Waals surface area contributed by atoms with Gasteiger partial charge in [-0.15, -0.1) is 0 Å². The molecule has 9 nitrogen and oxygen atoms in total. The average Bonchev–Trinajstić information content (AvgIpc) is 2.49. The number of aliphatic imine (C=N–C) groups is 1. The zero-order valence-electron chi connectivity index (χ0n) is 11.8. The summed E-state index contributed by atoms with van der Waals surface area (Å²) in [5.74, 6) is -0.502. The molecule has 0 bridgehead atoms. The lowest BCUT2D eigenvalue weighted by Gasteiger charge is -2.03. The minimum Gasteiger partial charge on any atom is -0.507 e. The molecule has 0 heterocycles. The van der Waals surface area contributed by atoms with E-state index in [-0.39, 0.29) is 39.7 Å². The lowest BCUT2D eigenvalue weighted by atomic mass is 10.1. The fraction of sp³-hybridized carbons (Fsp3) is 0.0714. The lowest BCUT2D eigenvalue weighted by Crippen LogP contribution is -1.91. The molecule has 0 aliphatic carbocycles.